The van der Waals surface area contributed by atoms with Crippen LogP contribution in [0.1, 0.15) is 5.69 Å². The van der Waals surface area contributed by atoms with Crippen LogP contribution in [0, 0.1) is 6.92 Å². The van der Waals surface area contributed by atoms with Crippen molar-refractivity contribution in [3.63, 3.8) is 0 Å². The largest absolute Gasteiger partial charge is 0.493 e. The number of hydrogen-bond acceptors (Lipinski definition) is 8. The average Bonchev–Trinajstić information content (AvgIpc) is 3.19. The van der Waals surface area contributed by atoms with Gasteiger partial charge in [0.1, 0.15) is 12.1 Å². The molecule has 0 aliphatic rings. The highest BCUT2D eigenvalue weighted by atomic mass is 35.5. The van der Waals surface area contributed by atoms with Crippen LogP contribution in [0.25, 0.3) is 10.9 Å². The predicted octanol–water partition coefficient (Wildman–Crippen LogP) is 5.50. The van der Waals surface area contributed by atoms with Gasteiger partial charge in [0.2, 0.25) is 5.88 Å². The molecular formula is C21H18ClN5O4S. The van der Waals surface area contributed by atoms with E-state index < -0.39 is 6.03 Å². The summed E-state index contributed by atoms with van der Waals surface area (Å²) in [7, 11) is 3.10. The third-order valence-corrected chi connectivity index (χ3v) is 5.51. The number of methoxy groups -OCH3 is 2. The summed E-state index contributed by atoms with van der Waals surface area (Å²) in [5.74, 6) is 1.73. The topological polar surface area (TPSA) is 107 Å². The Balaban J connectivity index is 1.54. The van der Waals surface area contributed by atoms with Gasteiger partial charge in [0, 0.05) is 17.1 Å². The second kappa shape index (κ2) is 9.25. The van der Waals surface area contributed by atoms with Gasteiger partial charge in [-0.15, -0.1) is 11.3 Å². The van der Waals surface area contributed by atoms with Crippen LogP contribution in [0.2, 0.25) is 5.02 Å². The van der Waals surface area contributed by atoms with Crippen LogP contribution in [-0.2, 0) is 0 Å². The van der Waals surface area contributed by atoms with Crippen molar-refractivity contribution in [1.29, 1.82) is 0 Å². The van der Waals surface area contributed by atoms with E-state index >= 15 is 0 Å². The Morgan fingerprint density at radius 1 is 1.03 bits per heavy atom. The number of benzene rings is 2. The second-order valence-corrected chi connectivity index (χ2v) is 7.79. The molecule has 0 saturated carbocycles. The molecule has 0 aliphatic carbocycles. The number of nitrogens with zero attached hydrogens (tertiary/aromatic N) is 3. The number of urea groups is 1. The third kappa shape index (κ3) is 4.66. The molecule has 0 radical (unpaired) electrons. The van der Waals surface area contributed by atoms with Crippen LogP contribution in [0.4, 0.5) is 15.6 Å². The molecule has 164 valence electrons. The van der Waals surface area contributed by atoms with Crippen molar-refractivity contribution in [3.8, 4) is 23.1 Å². The summed E-state index contributed by atoms with van der Waals surface area (Å²) >= 11 is 7.73. The number of ether oxygens (including phenoxy) is 3. The van der Waals surface area contributed by atoms with E-state index in [9.17, 15) is 4.79 Å². The summed E-state index contributed by atoms with van der Waals surface area (Å²) in [5, 5.41) is 8.65. The maximum atomic E-state index is 12.2. The zero-order valence-electron chi connectivity index (χ0n) is 17.3. The van der Waals surface area contributed by atoms with E-state index in [1.54, 1.807) is 44.6 Å². The summed E-state index contributed by atoms with van der Waals surface area (Å²) in [6.45, 7) is 1.85. The zero-order chi connectivity index (χ0) is 22.7. The molecule has 0 unspecified atom stereocenters. The minimum atomic E-state index is -0.424. The third-order valence-electron chi connectivity index (χ3n) is 4.34. The number of nitrogens with one attached hydrogen (secondary N) is 2. The number of carbonyl (C=O) groups is 1. The smallest absolute Gasteiger partial charge is 0.325 e. The molecule has 4 rings (SSSR count). The normalized spacial score (nSPS) is 10.6. The number of aryl methyl sites for hydroxylation is 1. The van der Waals surface area contributed by atoms with Crippen LogP contribution >= 0.6 is 22.9 Å². The zero-order valence-corrected chi connectivity index (χ0v) is 18.9. The van der Waals surface area contributed by atoms with Gasteiger partial charge >= 0.3 is 6.03 Å². The Kier molecular flexibility index (Phi) is 6.24. The van der Waals surface area contributed by atoms with E-state index in [0.717, 1.165) is 5.69 Å². The number of hydrogen-bond donors (Lipinski definition) is 2. The number of anilines is 2. The first-order chi connectivity index (χ1) is 15.5. The fourth-order valence-electron chi connectivity index (χ4n) is 2.88. The average molecular weight is 472 g/mol. The van der Waals surface area contributed by atoms with Gasteiger partial charge in [-0.2, -0.15) is 0 Å². The number of rotatable bonds is 6. The SMILES string of the molecule is COc1cc2ncnc(Oc3ccc(NC(=O)Nc4nc(C)cs4)cc3Cl)c2cc1OC. The molecule has 2 N–H and O–H groups in total. The van der Waals surface area contributed by atoms with Gasteiger partial charge in [0.05, 0.1) is 35.8 Å². The molecular weight excluding hydrogens is 454 g/mol. The molecule has 2 aromatic carbocycles. The number of thiazole rings is 1. The van der Waals surface area contributed by atoms with Gasteiger partial charge in [-0.25, -0.2) is 19.7 Å². The van der Waals surface area contributed by atoms with E-state index in [2.05, 4.69) is 25.6 Å². The van der Waals surface area contributed by atoms with Gasteiger partial charge in [0.15, 0.2) is 16.6 Å². The quantitative estimate of drug-likeness (QED) is 0.382. The lowest BCUT2D eigenvalue weighted by Gasteiger charge is -2.13. The number of halogens is 1. The van der Waals surface area contributed by atoms with Crippen molar-refractivity contribution in [1.82, 2.24) is 15.0 Å². The van der Waals surface area contributed by atoms with Gasteiger partial charge in [-0.1, -0.05) is 11.6 Å². The summed E-state index contributed by atoms with van der Waals surface area (Å²) in [6.07, 6.45) is 1.39. The van der Waals surface area contributed by atoms with Crippen LogP contribution < -0.4 is 24.8 Å². The first-order valence-electron chi connectivity index (χ1n) is 9.31. The van der Waals surface area contributed by atoms with Crippen LogP contribution in [0.15, 0.2) is 42.0 Å². The lowest BCUT2D eigenvalue weighted by Crippen LogP contribution is -2.19. The van der Waals surface area contributed by atoms with Crippen LogP contribution in [-0.4, -0.2) is 35.2 Å². The molecule has 0 saturated heterocycles. The molecule has 2 aromatic heterocycles. The molecule has 0 bridgehead atoms. The van der Waals surface area contributed by atoms with E-state index in [1.165, 1.54) is 17.7 Å². The van der Waals surface area contributed by atoms with Crippen molar-refractivity contribution in [3.05, 3.63) is 52.8 Å². The Labute approximate surface area is 192 Å². The second-order valence-electron chi connectivity index (χ2n) is 6.52. The monoisotopic (exact) mass is 471 g/mol. The van der Waals surface area contributed by atoms with E-state index in [1.807, 2.05) is 12.3 Å². The molecule has 0 fully saturated rings. The van der Waals surface area contributed by atoms with Crippen molar-refractivity contribution >= 4 is 50.7 Å². The highest BCUT2D eigenvalue weighted by Crippen LogP contribution is 2.37. The lowest BCUT2D eigenvalue weighted by atomic mass is 10.2. The fourth-order valence-corrected chi connectivity index (χ4v) is 3.78. The lowest BCUT2D eigenvalue weighted by molar-refractivity contribution is 0.262. The minimum absolute atomic E-state index is 0.292. The van der Waals surface area contributed by atoms with Crippen molar-refractivity contribution in [2.24, 2.45) is 0 Å². The van der Waals surface area contributed by atoms with E-state index in [-0.39, 0.29) is 0 Å². The summed E-state index contributed by atoms with van der Waals surface area (Å²) in [6, 6.07) is 7.93. The van der Waals surface area contributed by atoms with Gasteiger partial charge in [0.25, 0.3) is 0 Å². The molecule has 4 aromatic rings. The van der Waals surface area contributed by atoms with E-state index in [4.69, 9.17) is 25.8 Å². The maximum absolute atomic E-state index is 12.2. The standard InChI is InChI=1S/C21H18ClN5O4S/c1-11-9-32-21(25-11)27-20(28)26-12-4-5-16(14(22)6-12)31-19-13-7-17(29-2)18(30-3)8-15(13)23-10-24-19/h4-10H,1-3H3,(H2,25,26,27,28). The fraction of sp³-hybridized carbons (Fsp3) is 0.143. The summed E-state index contributed by atoms with van der Waals surface area (Å²) in [5.41, 5.74) is 1.95. The van der Waals surface area contributed by atoms with Crippen LogP contribution in [0.3, 0.4) is 0 Å². The first kappa shape index (κ1) is 21.6. The number of carbonyl (C=O) groups excluding carboxylic acids is 1. The van der Waals surface area contributed by atoms with Gasteiger partial charge in [-0.3, -0.25) is 5.32 Å². The van der Waals surface area contributed by atoms with Gasteiger partial charge in [-0.05, 0) is 31.2 Å². The number of aromatic nitrogens is 3. The molecule has 2 amide bonds. The molecule has 0 aliphatic heterocycles. The summed E-state index contributed by atoms with van der Waals surface area (Å²) < 4.78 is 16.6. The molecule has 32 heavy (non-hydrogen) atoms. The predicted molar refractivity (Wildman–Crippen MR) is 124 cm³/mol. The molecule has 0 spiro atoms. The van der Waals surface area contributed by atoms with Crippen LogP contribution in [0.5, 0.6) is 23.1 Å². The van der Waals surface area contributed by atoms with Crippen molar-refractivity contribution in [2.75, 3.05) is 24.9 Å². The number of fused-ring (bicyclic) bond motifs is 1. The Morgan fingerprint density at radius 3 is 2.50 bits per heavy atom. The Morgan fingerprint density at radius 2 is 1.81 bits per heavy atom. The highest BCUT2D eigenvalue weighted by Gasteiger charge is 2.14. The first-order valence-corrected chi connectivity index (χ1v) is 10.6. The molecule has 11 heteroatoms. The van der Waals surface area contributed by atoms with E-state index in [0.29, 0.717) is 49.9 Å². The van der Waals surface area contributed by atoms with Gasteiger partial charge < -0.3 is 19.5 Å². The molecule has 2 heterocycles. The number of amides is 2. The molecule has 9 nitrogen and oxygen atoms in total. The molecule has 0 atom stereocenters. The Hall–Kier alpha value is -3.63. The Bertz CT molecular complexity index is 1300. The van der Waals surface area contributed by atoms with Crippen molar-refractivity contribution < 1.29 is 19.0 Å². The minimum Gasteiger partial charge on any atom is -0.493 e. The van der Waals surface area contributed by atoms with Crippen molar-refractivity contribution in [2.45, 2.75) is 6.92 Å². The maximum Gasteiger partial charge on any atom is 0.325 e. The highest BCUT2D eigenvalue weighted by molar-refractivity contribution is 7.13. The summed E-state index contributed by atoms with van der Waals surface area (Å²) in [4.78, 5) is 24.8.